The zero-order valence-corrected chi connectivity index (χ0v) is 15.9. The van der Waals surface area contributed by atoms with Crippen LogP contribution in [0.1, 0.15) is 46.8 Å². The highest BCUT2D eigenvalue weighted by Gasteiger charge is 2.32. The maximum absolute atomic E-state index is 13.1. The molecular formula is C20H21F3O3S. The topological polar surface area (TPSA) is 46.5 Å². The minimum atomic E-state index is -4.42. The van der Waals surface area contributed by atoms with Gasteiger partial charge in [-0.3, -0.25) is 0 Å². The van der Waals surface area contributed by atoms with Crippen LogP contribution in [-0.4, -0.2) is 17.7 Å². The van der Waals surface area contributed by atoms with Crippen LogP contribution in [0.4, 0.5) is 13.2 Å². The van der Waals surface area contributed by atoms with E-state index in [0.717, 1.165) is 12.5 Å². The molecule has 1 N–H and O–H groups in total. The third-order valence-electron chi connectivity index (χ3n) is 4.03. The molecule has 0 unspecified atom stereocenters. The van der Waals surface area contributed by atoms with Crippen LogP contribution in [0.5, 0.6) is 5.75 Å². The number of hydrogen-bond acceptors (Lipinski definition) is 4. The Labute approximate surface area is 160 Å². The van der Waals surface area contributed by atoms with Gasteiger partial charge in [0.25, 0.3) is 0 Å². The second-order valence-electron chi connectivity index (χ2n) is 6.02. The Morgan fingerprint density at radius 1 is 1.19 bits per heavy atom. The van der Waals surface area contributed by atoms with Gasteiger partial charge in [-0.2, -0.15) is 13.2 Å². The molecule has 3 nitrogen and oxygen atoms in total. The largest absolute Gasteiger partial charge is 0.507 e. The number of rotatable bonds is 7. The van der Waals surface area contributed by atoms with E-state index >= 15 is 0 Å². The Balaban J connectivity index is 2.22. The zero-order chi connectivity index (χ0) is 20.0. The van der Waals surface area contributed by atoms with Crippen LogP contribution in [0.3, 0.4) is 0 Å². The molecule has 27 heavy (non-hydrogen) atoms. The molecule has 146 valence electrons. The summed E-state index contributed by atoms with van der Waals surface area (Å²) in [6.07, 6.45) is -2.84. The summed E-state index contributed by atoms with van der Waals surface area (Å²) in [5.74, 6) is -0.739. The number of ether oxygens (including phenoxy) is 1. The molecule has 0 heterocycles. The van der Waals surface area contributed by atoms with Crippen LogP contribution in [0.2, 0.25) is 0 Å². The molecule has 0 radical (unpaired) electrons. The number of carbonyl (C=O) groups is 1. The molecule has 0 spiro atoms. The summed E-state index contributed by atoms with van der Waals surface area (Å²) in [4.78, 5) is 12.9. The van der Waals surface area contributed by atoms with Gasteiger partial charge in [-0.25, -0.2) is 4.79 Å². The fourth-order valence-corrected chi connectivity index (χ4v) is 3.60. The molecule has 0 aromatic heterocycles. The van der Waals surface area contributed by atoms with Crippen molar-refractivity contribution in [2.75, 3.05) is 6.61 Å². The average Bonchev–Trinajstić information content (AvgIpc) is 2.61. The van der Waals surface area contributed by atoms with E-state index < -0.39 is 17.7 Å². The van der Waals surface area contributed by atoms with Gasteiger partial charge in [0.2, 0.25) is 0 Å². The molecule has 0 saturated heterocycles. The summed E-state index contributed by atoms with van der Waals surface area (Å²) in [6, 6.07) is 8.36. The van der Waals surface area contributed by atoms with Crippen molar-refractivity contribution in [3.8, 4) is 5.75 Å². The SMILES string of the molecule is CCCCOC(=O)c1c(O)ccc(SCc2ccccc2C(F)(F)F)c1C. The summed E-state index contributed by atoms with van der Waals surface area (Å²) < 4.78 is 44.5. The first-order chi connectivity index (χ1) is 12.8. The monoisotopic (exact) mass is 398 g/mol. The van der Waals surface area contributed by atoms with Crippen LogP contribution in [0.15, 0.2) is 41.3 Å². The van der Waals surface area contributed by atoms with Crippen LogP contribution in [0, 0.1) is 6.92 Å². The molecule has 0 aliphatic heterocycles. The minimum absolute atomic E-state index is 0.0557. The van der Waals surface area contributed by atoms with E-state index in [0.29, 0.717) is 16.9 Å². The van der Waals surface area contributed by atoms with E-state index in [-0.39, 0.29) is 29.2 Å². The molecule has 2 aromatic carbocycles. The van der Waals surface area contributed by atoms with Crippen LogP contribution < -0.4 is 0 Å². The zero-order valence-electron chi connectivity index (χ0n) is 15.1. The molecule has 0 amide bonds. The number of thioether (sulfide) groups is 1. The normalized spacial score (nSPS) is 11.4. The lowest BCUT2D eigenvalue weighted by Crippen LogP contribution is -2.09. The Kier molecular flexibility index (Phi) is 7.18. The maximum Gasteiger partial charge on any atom is 0.416 e. The van der Waals surface area contributed by atoms with Crippen LogP contribution >= 0.6 is 11.8 Å². The van der Waals surface area contributed by atoms with Crippen molar-refractivity contribution in [1.82, 2.24) is 0 Å². The van der Waals surface area contributed by atoms with Crippen molar-refractivity contribution in [1.29, 1.82) is 0 Å². The fraction of sp³-hybridized carbons (Fsp3) is 0.350. The average molecular weight is 398 g/mol. The molecule has 7 heteroatoms. The Morgan fingerprint density at radius 2 is 1.89 bits per heavy atom. The van der Waals surface area contributed by atoms with Crippen molar-refractivity contribution >= 4 is 17.7 Å². The lowest BCUT2D eigenvalue weighted by molar-refractivity contribution is -0.138. The van der Waals surface area contributed by atoms with Gasteiger partial charge in [0.05, 0.1) is 12.2 Å². The van der Waals surface area contributed by atoms with E-state index in [9.17, 15) is 23.1 Å². The first-order valence-electron chi connectivity index (χ1n) is 8.53. The van der Waals surface area contributed by atoms with Crippen molar-refractivity contribution < 1.29 is 27.8 Å². The summed E-state index contributed by atoms with van der Waals surface area (Å²) >= 11 is 1.18. The molecule has 0 fully saturated rings. The van der Waals surface area contributed by atoms with E-state index in [1.165, 1.54) is 30.0 Å². The first kappa shape index (κ1) is 21.2. The van der Waals surface area contributed by atoms with E-state index in [1.807, 2.05) is 6.92 Å². The van der Waals surface area contributed by atoms with Gasteiger partial charge >= 0.3 is 12.1 Å². The fourth-order valence-electron chi connectivity index (χ4n) is 2.55. The number of phenolic OH excluding ortho intramolecular Hbond substituents is 1. The number of aromatic hydroxyl groups is 1. The van der Waals surface area contributed by atoms with Crippen LogP contribution in [-0.2, 0) is 16.7 Å². The number of benzene rings is 2. The predicted octanol–water partition coefficient (Wildman–Crippen LogP) is 5.97. The number of alkyl halides is 3. The smallest absolute Gasteiger partial charge is 0.416 e. The number of carbonyl (C=O) groups excluding carboxylic acids is 1. The molecule has 0 bridgehead atoms. The van der Waals surface area contributed by atoms with Gasteiger partial charge in [0.15, 0.2) is 0 Å². The standard InChI is InChI=1S/C20H21F3O3S/c1-3-4-11-26-19(25)18-13(2)17(10-9-16(18)24)27-12-14-7-5-6-8-15(14)20(21,22)23/h5-10,24H,3-4,11-12H2,1-2H3. The summed E-state index contributed by atoms with van der Waals surface area (Å²) in [6.45, 7) is 3.87. The van der Waals surface area contributed by atoms with Gasteiger partial charge in [0, 0.05) is 10.6 Å². The molecule has 2 aromatic rings. The van der Waals surface area contributed by atoms with Gasteiger partial charge in [0.1, 0.15) is 11.3 Å². The molecular weight excluding hydrogens is 377 g/mol. The predicted molar refractivity (Wildman–Crippen MR) is 99.0 cm³/mol. The lowest BCUT2D eigenvalue weighted by atomic mass is 10.1. The summed E-state index contributed by atoms with van der Waals surface area (Å²) in [7, 11) is 0. The molecule has 2 rings (SSSR count). The Hall–Kier alpha value is -2.15. The lowest BCUT2D eigenvalue weighted by Gasteiger charge is -2.15. The third-order valence-corrected chi connectivity index (χ3v) is 5.24. The number of unbranched alkanes of at least 4 members (excludes halogenated alkanes) is 1. The van der Waals surface area contributed by atoms with E-state index in [4.69, 9.17) is 4.74 Å². The van der Waals surface area contributed by atoms with Gasteiger partial charge < -0.3 is 9.84 Å². The Morgan fingerprint density at radius 3 is 2.56 bits per heavy atom. The van der Waals surface area contributed by atoms with Crippen LogP contribution in [0.25, 0.3) is 0 Å². The van der Waals surface area contributed by atoms with E-state index in [2.05, 4.69) is 0 Å². The van der Waals surface area contributed by atoms with Gasteiger partial charge in [-0.15, -0.1) is 11.8 Å². The second kappa shape index (κ2) is 9.17. The van der Waals surface area contributed by atoms with E-state index in [1.54, 1.807) is 19.1 Å². The van der Waals surface area contributed by atoms with Gasteiger partial charge in [-0.1, -0.05) is 31.5 Å². The van der Waals surface area contributed by atoms with Crippen molar-refractivity contribution in [2.24, 2.45) is 0 Å². The van der Waals surface area contributed by atoms with Crippen molar-refractivity contribution in [2.45, 2.75) is 43.5 Å². The second-order valence-corrected chi connectivity index (χ2v) is 7.03. The third kappa shape index (κ3) is 5.42. The summed E-state index contributed by atoms with van der Waals surface area (Å²) in [5.41, 5.74) is 0.0360. The summed E-state index contributed by atoms with van der Waals surface area (Å²) in [5, 5.41) is 10.0. The van der Waals surface area contributed by atoms with Crippen molar-refractivity contribution in [3.05, 3.63) is 58.7 Å². The molecule has 0 aliphatic carbocycles. The van der Waals surface area contributed by atoms with Crippen molar-refractivity contribution in [3.63, 3.8) is 0 Å². The maximum atomic E-state index is 13.1. The highest BCUT2D eigenvalue weighted by molar-refractivity contribution is 7.98. The number of halogens is 3. The quantitative estimate of drug-likeness (QED) is 0.355. The first-order valence-corrected chi connectivity index (χ1v) is 9.51. The molecule has 0 atom stereocenters. The molecule has 0 aliphatic rings. The number of phenols is 1. The highest BCUT2D eigenvalue weighted by Crippen LogP contribution is 2.37. The molecule has 0 saturated carbocycles. The highest BCUT2D eigenvalue weighted by atomic mass is 32.2. The van der Waals surface area contributed by atoms with Gasteiger partial charge in [-0.05, 0) is 42.7 Å². The number of esters is 1. The Bertz CT molecular complexity index is 804. The minimum Gasteiger partial charge on any atom is -0.507 e. The number of hydrogen-bond donors (Lipinski definition) is 1.